The van der Waals surface area contributed by atoms with Crippen molar-refractivity contribution in [1.82, 2.24) is 10.2 Å². The molecule has 1 aliphatic carbocycles. The van der Waals surface area contributed by atoms with Crippen molar-refractivity contribution >= 4 is 11.3 Å². The third-order valence-electron chi connectivity index (χ3n) is 4.51. The van der Waals surface area contributed by atoms with E-state index in [0.29, 0.717) is 0 Å². The summed E-state index contributed by atoms with van der Waals surface area (Å²) in [5, 5.41) is 3.56. The fraction of sp³-hybridized carbons (Fsp3) is 0.778. The number of hydrogen-bond acceptors (Lipinski definition) is 3. The van der Waals surface area contributed by atoms with Crippen molar-refractivity contribution in [2.45, 2.75) is 60.0 Å². The van der Waals surface area contributed by atoms with Gasteiger partial charge in [0.2, 0.25) is 0 Å². The molecule has 1 aromatic heterocycles. The van der Waals surface area contributed by atoms with Gasteiger partial charge >= 0.3 is 0 Å². The maximum atomic E-state index is 3.56. The number of nitrogens with zero attached hydrogens (tertiary/aromatic N) is 1. The summed E-state index contributed by atoms with van der Waals surface area (Å²) in [6.07, 6.45) is 4.35. The van der Waals surface area contributed by atoms with Gasteiger partial charge in [-0.05, 0) is 56.3 Å². The molecule has 0 saturated heterocycles. The largest absolute Gasteiger partial charge is 0.312 e. The molecule has 0 aromatic carbocycles. The molecule has 1 fully saturated rings. The third-order valence-corrected chi connectivity index (χ3v) is 5.60. The quantitative estimate of drug-likeness (QED) is 0.726. The van der Waals surface area contributed by atoms with Crippen molar-refractivity contribution in [1.29, 1.82) is 0 Å². The molecule has 3 heteroatoms. The maximum absolute atomic E-state index is 3.56. The molecule has 1 N–H and O–H groups in total. The van der Waals surface area contributed by atoms with Crippen molar-refractivity contribution in [2.24, 2.45) is 11.8 Å². The molecule has 0 spiro atoms. The van der Waals surface area contributed by atoms with Crippen LogP contribution in [0.1, 0.15) is 55.4 Å². The number of aryl methyl sites for hydroxylation is 1. The smallest absolute Gasteiger partial charge is 0.0300 e. The van der Waals surface area contributed by atoms with E-state index in [4.69, 9.17) is 0 Å². The minimum atomic E-state index is 0.726. The van der Waals surface area contributed by atoms with Crippen molar-refractivity contribution in [3.8, 4) is 0 Å². The van der Waals surface area contributed by atoms with E-state index < -0.39 is 0 Å². The minimum absolute atomic E-state index is 0.726. The van der Waals surface area contributed by atoms with Crippen LogP contribution in [0.3, 0.4) is 0 Å². The van der Waals surface area contributed by atoms with E-state index in [-0.39, 0.29) is 0 Å². The summed E-state index contributed by atoms with van der Waals surface area (Å²) in [4.78, 5) is 5.62. The normalized spacial score (nSPS) is 15.9. The summed E-state index contributed by atoms with van der Waals surface area (Å²) < 4.78 is 0. The Morgan fingerprint density at radius 2 is 2.14 bits per heavy atom. The van der Waals surface area contributed by atoms with Gasteiger partial charge in [0.25, 0.3) is 0 Å². The zero-order chi connectivity index (χ0) is 15.2. The molecule has 0 bridgehead atoms. The third kappa shape index (κ3) is 5.39. The van der Waals surface area contributed by atoms with Gasteiger partial charge in [-0.1, -0.05) is 27.2 Å². The van der Waals surface area contributed by atoms with Gasteiger partial charge in [0.05, 0.1) is 0 Å². The van der Waals surface area contributed by atoms with Crippen LogP contribution in [0.25, 0.3) is 0 Å². The lowest BCUT2D eigenvalue weighted by atomic mass is 9.85. The van der Waals surface area contributed by atoms with Crippen LogP contribution in [0.4, 0.5) is 0 Å². The summed E-state index contributed by atoms with van der Waals surface area (Å²) >= 11 is 1.97. The van der Waals surface area contributed by atoms with E-state index in [9.17, 15) is 0 Å². The zero-order valence-electron chi connectivity index (χ0n) is 14.2. The second-order valence-corrected chi connectivity index (χ2v) is 8.28. The van der Waals surface area contributed by atoms with Crippen LogP contribution in [0, 0.1) is 18.8 Å². The first-order valence-electron chi connectivity index (χ1n) is 8.59. The molecule has 1 saturated carbocycles. The van der Waals surface area contributed by atoms with Gasteiger partial charge in [-0.15, -0.1) is 11.3 Å². The molecule has 0 radical (unpaired) electrons. The predicted molar refractivity (Wildman–Crippen MR) is 93.9 cm³/mol. The highest BCUT2D eigenvalue weighted by molar-refractivity contribution is 7.12. The van der Waals surface area contributed by atoms with E-state index in [1.807, 2.05) is 11.3 Å². The lowest BCUT2D eigenvalue weighted by Crippen LogP contribution is -2.32. The van der Waals surface area contributed by atoms with Crippen molar-refractivity contribution in [3.05, 3.63) is 21.4 Å². The summed E-state index contributed by atoms with van der Waals surface area (Å²) in [6.45, 7) is 14.8. The molecule has 0 atom stereocenters. The number of thiophene rings is 1. The van der Waals surface area contributed by atoms with Crippen molar-refractivity contribution < 1.29 is 0 Å². The Hall–Kier alpha value is -0.380. The van der Waals surface area contributed by atoms with E-state index in [2.05, 4.69) is 44.0 Å². The van der Waals surface area contributed by atoms with Crippen LogP contribution >= 0.6 is 11.3 Å². The molecule has 0 unspecified atom stereocenters. The number of rotatable bonds is 9. The van der Waals surface area contributed by atoms with Gasteiger partial charge in [-0.25, -0.2) is 0 Å². The lowest BCUT2D eigenvalue weighted by molar-refractivity contribution is 0.178. The fourth-order valence-electron chi connectivity index (χ4n) is 2.90. The average molecular weight is 309 g/mol. The fourth-order valence-corrected chi connectivity index (χ4v) is 3.93. The van der Waals surface area contributed by atoms with Crippen LogP contribution in [-0.2, 0) is 13.1 Å². The highest BCUT2D eigenvalue weighted by atomic mass is 32.1. The van der Waals surface area contributed by atoms with E-state index in [0.717, 1.165) is 31.5 Å². The molecule has 0 aliphatic heterocycles. The Morgan fingerprint density at radius 1 is 1.38 bits per heavy atom. The lowest BCUT2D eigenvalue weighted by Gasteiger charge is -2.31. The van der Waals surface area contributed by atoms with Crippen LogP contribution in [0.5, 0.6) is 0 Å². The van der Waals surface area contributed by atoms with Crippen LogP contribution < -0.4 is 5.32 Å². The molecular formula is C18H32N2S. The summed E-state index contributed by atoms with van der Waals surface area (Å²) in [5.74, 6) is 1.69. The van der Waals surface area contributed by atoms with Crippen molar-refractivity contribution in [3.63, 3.8) is 0 Å². The van der Waals surface area contributed by atoms with Gasteiger partial charge < -0.3 is 5.32 Å². The van der Waals surface area contributed by atoms with Crippen LogP contribution in [-0.4, -0.2) is 24.5 Å². The second-order valence-electron chi connectivity index (χ2n) is 6.94. The van der Waals surface area contributed by atoms with E-state index >= 15 is 0 Å². The van der Waals surface area contributed by atoms with Gasteiger partial charge in [0, 0.05) is 29.4 Å². The first kappa shape index (κ1) is 17.0. The van der Waals surface area contributed by atoms with Crippen LogP contribution in [0.15, 0.2) is 6.07 Å². The Morgan fingerprint density at radius 3 is 2.71 bits per heavy atom. The summed E-state index contributed by atoms with van der Waals surface area (Å²) in [7, 11) is 0. The zero-order valence-corrected chi connectivity index (χ0v) is 15.1. The summed E-state index contributed by atoms with van der Waals surface area (Å²) in [6, 6.07) is 2.43. The number of hydrogen-bond donors (Lipinski definition) is 1. The first-order chi connectivity index (χ1) is 10.1. The molecule has 2 nitrogen and oxygen atoms in total. The minimum Gasteiger partial charge on any atom is -0.312 e. The Balaban J connectivity index is 1.84. The topological polar surface area (TPSA) is 15.3 Å². The van der Waals surface area contributed by atoms with Crippen molar-refractivity contribution in [2.75, 3.05) is 19.6 Å². The second kappa shape index (κ2) is 8.30. The van der Waals surface area contributed by atoms with Crippen LogP contribution in [0.2, 0.25) is 0 Å². The maximum Gasteiger partial charge on any atom is 0.0300 e. The Bertz CT molecular complexity index is 421. The Labute approximate surface area is 134 Å². The molecule has 2 rings (SSSR count). The van der Waals surface area contributed by atoms with Gasteiger partial charge in [-0.3, -0.25) is 4.90 Å². The SMILES string of the molecule is CCN(Cc1cc(CNCC(C)C)sc1C)CC1CCC1. The first-order valence-corrected chi connectivity index (χ1v) is 9.41. The molecule has 0 amide bonds. The molecule has 1 heterocycles. The average Bonchev–Trinajstić information content (AvgIpc) is 2.72. The van der Waals surface area contributed by atoms with Gasteiger partial charge in [-0.2, -0.15) is 0 Å². The highest BCUT2D eigenvalue weighted by Gasteiger charge is 2.20. The number of nitrogens with one attached hydrogen (secondary N) is 1. The summed E-state index contributed by atoms with van der Waals surface area (Å²) in [5.41, 5.74) is 1.54. The molecule has 120 valence electrons. The predicted octanol–water partition coefficient (Wildman–Crippen LogP) is 4.42. The monoisotopic (exact) mass is 308 g/mol. The molecular weight excluding hydrogens is 276 g/mol. The Kier molecular flexibility index (Phi) is 6.72. The van der Waals surface area contributed by atoms with Gasteiger partial charge in [0.1, 0.15) is 0 Å². The standard InChI is InChI=1S/C18H32N2S/c1-5-20(12-16-7-6-8-16)13-17-9-18(21-15(17)4)11-19-10-14(2)3/h9,14,16,19H,5-8,10-13H2,1-4H3. The van der Waals surface area contributed by atoms with Gasteiger partial charge in [0.15, 0.2) is 0 Å². The highest BCUT2D eigenvalue weighted by Crippen LogP contribution is 2.28. The molecule has 21 heavy (non-hydrogen) atoms. The molecule has 1 aliphatic rings. The molecule has 1 aromatic rings. The van der Waals surface area contributed by atoms with E-state index in [1.165, 1.54) is 42.1 Å². The van der Waals surface area contributed by atoms with E-state index in [1.54, 1.807) is 5.56 Å².